The minimum Gasteiger partial charge on any atom is -0.465 e. The van der Waals surface area contributed by atoms with Gasteiger partial charge in [0, 0.05) is 51.2 Å². The van der Waals surface area contributed by atoms with Gasteiger partial charge in [-0.1, -0.05) is 12.1 Å². The molecule has 1 N–H and O–H groups in total. The molecule has 7 nitrogen and oxygen atoms in total. The molecule has 1 aliphatic rings. The first kappa shape index (κ1) is 20.3. The summed E-state index contributed by atoms with van der Waals surface area (Å²) in [6.07, 6.45) is 0.695. The van der Waals surface area contributed by atoms with Crippen molar-refractivity contribution in [3.63, 3.8) is 0 Å². The lowest BCUT2D eigenvalue weighted by molar-refractivity contribution is 0.0711. The first-order valence-corrected chi connectivity index (χ1v) is 9.85. The van der Waals surface area contributed by atoms with Gasteiger partial charge in [-0.05, 0) is 52.7 Å². The van der Waals surface area contributed by atoms with Gasteiger partial charge in [-0.25, -0.2) is 9.78 Å². The van der Waals surface area contributed by atoms with Crippen LogP contribution in [-0.4, -0.2) is 64.6 Å². The van der Waals surface area contributed by atoms with Crippen molar-refractivity contribution < 1.29 is 14.7 Å². The molecular weight excluding hydrogens is 424 g/mol. The Balaban J connectivity index is 1.61. The summed E-state index contributed by atoms with van der Waals surface area (Å²) < 4.78 is 0.689. The number of amides is 2. The number of carbonyl (C=O) groups is 2. The molecule has 0 unspecified atom stereocenters. The van der Waals surface area contributed by atoms with Crippen molar-refractivity contribution in [2.24, 2.45) is 0 Å². The molecule has 2 amide bonds. The number of anilines is 1. The van der Waals surface area contributed by atoms with E-state index in [9.17, 15) is 14.7 Å². The lowest BCUT2D eigenvalue weighted by atomic mass is 10.1. The summed E-state index contributed by atoms with van der Waals surface area (Å²) in [6, 6.07) is 11.3. The van der Waals surface area contributed by atoms with Gasteiger partial charge in [-0.3, -0.25) is 9.69 Å². The number of hydrogen-bond acceptors (Lipinski definition) is 4. The minimum atomic E-state index is -0.856. The zero-order chi connectivity index (χ0) is 20.3. The van der Waals surface area contributed by atoms with Crippen molar-refractivity contribution in [3.05, 3.63) is 58.3 Å². The lowest BCUT2D eigenvalue weighted by Gasteiger charge is -2.38. The van der Waals surface area contributed by atoms with E-state index < -0.39 is 6.09 Å². The fourth-order valence-electron chi connectivity index (χ4n) is 3.36. The molecule has 1 atom stereocenters. The Morgan fingerprint density at radius 1 is 1.21 bits per heavy atom. The van der Waals surface area contributed by atoms with Crippen LogP contribution in [0.3, 0.4) is 0 Å². The summed E-state index contributed by atoms with van der Waals surface area (Å²) in [5.41, 5.74) is 2.46. The number of aromatic nitrogens is 1. The summed E-state index contributed by atoms with van der Waals surface area (Å²) in [5, 5.41) is 9.18. The highest BCUT2D eigenvalue weighted by molar-refractivity contribution is 9.10. The third-order valence-electron chi connectivity index (χ3n) is 4.97. The molecule has 1 saturated heterocycles. The highest BCUT2D eigenvalue weighted by Gasteiger charge is 2.26. The molecule has 1 aromatic heterocycles. The number of carboxylic acid groups (broad SMARTS) is 1. The van der Waals surface area contributed by atoms with Crippen LogP contribution in [0.5, 0.6) is 0 Å². The number of rotatable bonds is 4. The van der Waals surface area contributed by atoms with Crippen molar-refractivity contribution in [1.29, 1.82) is 0 Å². The number of pyridine rings is 1. The molecule has 2 heterocycles. The summed E-state index contributed by atoms with van der Waals surface area (Å²) >= 11 is 3.27. The molecular formula is C20H23BrN4O3. The highest BCUT2D eigenvalue weighted by Crippen LogP contribution is 2.19. The Bertz CT molecular complexity index is 842. The van der Waals surface area contributed by atoms with E-state index in [0.717, 1.165) is 17.8 Å². The highest BCUT2D eigenvalue weighted by atomic mass is 79.9. The summed E-state index contributed by atoms with van der Waals surface area (Å²) in [4.78, 5) is 33.2. The Hall–Kier alpha value is -2.45. The van der Waals surface area contributed by atoms with E-state index in [-0.39, 0.29) is 11.9 Å². The van der Waals surface area contributed by atoms with Crippen LogP contribution in [0.25, 0.3) is 0 Å². The third-order valence-corrected chi connectivity index (χ3v) is 5.44. The van der Waals surface area contributed by atoms with Crippen molar-refractivity contribution in [2.45, 2.75) is 19.5 Å². The Morgan fingerprint density at radius 2 is 1.93 bits per heavy atom. The molecule has 3 rings (SSSR count). The largest absolute Gasteiger partial charge is 0.465 e. The van der Waals surface area contributed by atoms with E-state index in [1.54, 1.807) is 30.3 Å². The van der Waals surface area contributed by atoms with Crippen LogP contribution in [0.4, 0.5) is 10.5 Å². The van der Waals surface area contributed by atoms with E-state index in [2.05, 4.69) is 25.8 Å². The zero-order valence-electron chi connectivity index (χ0n) is 15.9. The molecule has 1 aliphatic heterocycles. The molecule has 28 heavy (non-hydrogen) atoms. The van der Waals surface area contributed by atoms with E-state index in [0.29, 0.717) is 29.8 Å². The van der Waals surface area contributed by atoms with Crippen LogP contribution in [0, 0.1) is 0 Å². The summed E-state index contributed by atoms with van der Waals surface area (Å²) in [5.74, 6) is -0.119. The summed E-state index contributed by atoms with van der Waals surface area (Å²) in [7, 11) is 1.74. The van der Waals surface area contributed by atoms with Gasteiger partial charge < -0.3 is 14.9 Å². The number of benzene rings is 1. The Labute approximate surface area is 172 Å². The SMILES string of the molecule is C[C@H]1CN(Cc2ccc(N(C)C(=O)c3ccc(Br)nc3)cc2)CCN1C(=O)O. The van der Waals surface area contributed by atoms with Gasteiger partial charge in [0.1, 0.15) is 4.60 Å². The van der Waals surface area contributed by atoms with E-state index in [4.69, 9.17) is 0 Å². The van der Waals surface area contributed by atoms with Gasteiger partial charge >= 0.3 is 6.09 Å². The minimum absolute atomic E-state index is 0.0196. The second-order valence-corrected chi connectivity index (χ2v) is 7.77. The molecule has 0 radical (unpaired) electrons. The molecule has 1 aromatic carbocycles. The van der Waals surface area contributed by atoms with Gasteiger partial charge in [-0.15, -0.1) is 0 Å². The van der Waals surface area contributed by atoms with Gasteiger partial charge in [0.2, 0.25) is 0 Å². The quantitative estimate of drug-likeness (QED) is 0.728. The van der Waals surface area contributed by atoms with Crippen LogP contribution in [0.1, 0.15) is 22.8 Å². The van der Waals surface area contributed by atoms with Crippen LogP contribution in [0.15, 0.2) is 47.2 Å². The molecule has 2 aromatic rings. The van der Waals surface area contributed by atoms with Gasteiger partial charge in [0.25, 0.3) is 5.91 Å². The van der Waals surface area contributed by atoms with E-state index in [1.165, 1.54) is 4.90 Å². The normalized spacial score (nSPS) is 17.4. The standard InChI is InChI=1S/C20H23BrN4O3/c1-14-12-24(9-10-25(14)20(27)28)13-15-3-6-17(7-4-15)23(2)19(26)16-5-8-18(21)22-11-16/h3-8,11,14H,9-10,12-13H2,1-2H3,(H,27,28)/t14-/m0/s1. The van der Waals surface area contributed by atoms with Crippen LogP contribution < -0.4 is 4.90 Å². The van der Waals surface area contributed by atoms with Crippen molar-refractivity contribution in [3.8, 4) is 0 Å². The number of piperazine rings is 1. The topological polar surface area (TPSA) is 77.0 Å². The number of hydrogen-bond donors (Lipinski definition) is 1. The fraction of sp³-hybridized carbons (Fsp3) is 0.350. The second-order valence-electron chi connectivity index (χ2n) is 6.96. The number of nitrogens with zero attached hydrogens (tertiary/aromatic N) is 4. The molecule has 0 aliphatic carbocycles. The Morgan fingerprint density at radius 3 is 2.50 bits per heavy atom. The monoisotopic (exact) mass is 446 g/mol. The fourth-order valence-corrected chi connectivity index (χ4v) is 3.59. The van der Waals surface area contributed by atoms with E-state index >= 15 is 0 Å². The predicted molar refractivity (Wildman–Crippen MR) is 111 cm³/mol. The molecule has 148 valence electrons. The smallest absolute Gasteiger partial charge is 0.407 e. The molecule has 0 spiro atoms. The van der Waals surface area contributed by atoms with Crippen molar-refractivity contribution in [2.75, 3.05) is 31.6 Å². The van der Waals surface area contributed by atoms with Crippen LogP contribution in [-0.2, 0) is 6.54 Å². The number of carbonyl (C=O) groups excluding carboxylic acids is 1. The Kier molecular flexibility index (Phi) is 6.31. The maximum atomic E-state index is 12.6. The molecule has 0 bridgehead atoms. The van der Waals surface area contributed by atoms with E-state index in [1.807, 2.05) is 31.2 Å². The average molecular weight is 447 g/mol. The van der Waals surface area contributed by atoms with Crippen LogP contribution in [0.2, 0.25) is 0 Å². The first-order valence-electron chi connectivity index (χ1n) is 9.05. The average Bonchev–Trinajstić information content (AvgIpc) is 2.68. The third kappa shape index (κ3) is 4.69. The van der Waals surface area contributed by atoms with Gasteiger partial charge in [0.15, 0.2) is 0 Å². The predicted octanol–water partition coefficient (Wildman–Crippen LogP) is 3.30. The van der Waals surface area contributed by atoms with Crippen molar-refractivity contribution >= 4 is 33.6 Å². The van der Waals surface area contributed by atoms with Crippen molar-refractivity contribution in [1.82, 2.24) is 14.8 Å². The lowest BCUT2D eigenvalue weighted by Crippen LogP contribution is -2.53. The van der Waals surface area contributed by atoms with Crippen LogP contribution >= 0.6 is 15.9 Å². The zero-order valence-corrected chi connectivity index (χ0v) is 17.5. The molecule has 8 heteroatoms. The van der Waals surface area contributed by atoms with Gasteiger partial charge in [-0.2, -0.15) is 0 Å². The second kappa shape index (κ2) is 8.70. The first-order chi connectivity index (χ1) is 13.3. The molecule has 0 saturated carbocycles. The maximum Gasteiger partial charge on any atom is 0.407 e. The van der Waals surface area contributed by atoms with Gasteiger partial charge in [0.05, 0.1) is 5.56 Å². The summed E-state index contributed by atoms with van der Waals surface area (Å²) in [6.45, 7) is 4.64. The molecule has 1 fully saturated rings. The number of halogens is 1. The maximum absolute atomic E-state index is 12.6.